The summed E-state index contributed by atoms with van der Waals surface area (Å²) >= 11 is 1.46. The molecule has 1 aliphatic heterocycles. The maximum atomic E-state index is 12.7. The summed E-state index contributed by atoms with van der Waals surface area (Å²) in [5.41, 5.74) is 5.96. The molecular formula is C14H21ClN4O2S. The Balaban J connectivity index is 0.00000176. The average Bonchev–Trinajstić information content (AvgIpc) is 2.94. The number of carbonyl (C=O) groups excluding carboxylic acids is 2. The Morgan fingerprint density at radius 2 is 2.23 bits per heavy atom. The SMILES string of the molecule is Cl.NCCc1nc(C(=O)N2CC(=O)NC3CCCCC32)cs1. The summed E-state index contributed by atoms with van der Waals surface area (Å²) < 4.78 is 0. The van der Waals surface area contributed by atoms with Crippen molar-refractivity contribution >= 4 is 35.6 Å². The third-order valence-electron chi connectivity index (χ3n) is 4.18. The van der Waals surface area contributed by atoms with Crippen LogP contribution in [0.4, 0.5) is 0 Å². The van der Waals surface area contributed by atoms with Gasteiger partial charge in [-0.25, -0.2) is 4.98 Å². The molecule has 0 aromatic carbocycles. The van der Waals surface area contributed by atoms with E-state index in [1.165, 1.54) is 11.3 Å². The number of amides is 2. The number of rotatable bonds is 3. The highest BCUT2D eigenvalue weighted by Crippen LogP contribution is 2.27. The summed E-state index contributed by atoms with van der Waals surface area (Å²) in [6.07, 6.45) is 4.81. The molecule has 0 spiro atoms. The van der Waals surface area contributed by atoms with Gasteiger partial charge in [-0.15, -0.1) is 23.7 Å². The molecule has 1 aromatic heterocycles. The Morgan fingerprint density at radius 3 is 3.00 bits per heavy atom. The fourth-order valence-electron chi connectivity index (χ4n) is 3.19. The van der Waals surface area contributed by atoms with Crippen LogP contribution in [0.3, 0.4) is 0 Å². The summed E-state index contributed by atoms with van der Waals surface area (Å²) in [5.74, 6) is -0.190. The lowest BCUT2D eigenvalue weighted by atomic mass is 9.87. The molecule has 1 saturated carbocycles. The molecule has 2 aliphatic rings. The third kappa shape index (κ3) is 3.42. The molecule has 22 heavy (non-hydrogen) atoms. The molecule has 6 nitrogen and oxygen atoms in total. The van der Waals surface area contributed by atoms with Crippen LogP contribution < -0.4 is 11.1 Å². The quantitative estimate of drug-likeness (QED) is 0.854. The smallest absolute Gasteiger partial charge is 0.274 e. The van der Waals surface area contributed by atoms with E-state index in [1.54, 1.807) is 10.3 Å². The van der Waals surface area contributed by atoms with Crippen molar-refractivity contribution in [2.45, 2.75) is 44.2 Å². The average molecular weight is 345 g/mol. The van der Waals surface area contributed by atoms with Crippen LogP contribution in [0.5, 0.6) is 0 Å². The molecule has 2 fully saturated rings. The van der Waals surface area contributed by atoms with Crippen molar-refractivity contribution in [3.05, 3.63) is 16.1 Å². The number of carbonyl (C=O) groups is 2. The molecule has 0 bridgehead atoms. The minimum atomic E-state index is -0.124. The topological polar surface area (TPSA) is 88.3 Å². The van der Waals surface area contributed by atoms with Crippen LogP contribution in [-0.4, -0.2) is 46.9 Å². The molecular weight excluding hydrogens is 324 g/mol. The first kappa shape index (κ1) is 17.2. The first-order valence-electron chi connectivity index (χ1n) is 7.44. The zero-order chi connectivity index (χ0) is 14.8. The highest BCUT2D eigenvalue weighted by molar-refractivity contribution is 7.09. The maximum absolute atomic E-state index is 12.7. The summed E-state index contributed by atoms with van der Waals surface area (Å²) in [6.45, 7) is 0.668. The van der Waals surface area contributed by atoms with Gasteiger partial charge in [-0.2, -0.15) is 0 Å². The fourth-order valence-corrected chi connectivity index (χ4v) is 3.98. The summed E-state index contributed by atoms with van der Waals surface area (Å²) in [5, 5.41) is 5.67. The van der Waals surface area contributed by atoms with Gasteiger partial charge in [0.15, 0.2) is 0 Å². The molecule has 3 rings (SSSR count). The van der Waals surface area contributed by atoms with Crippen LogP contribution in [0.1, 0.15) is 41.2 Å². The van der Waals surface area contributed by atoms with Crippen molar-refractivity contribution in [1.82, 2.24) is 15.2 Å². The molecule has 2 unspecified atom stereocenters. The molecule has 1 aliphatic carbocycles. The van der Waals surface area contributed by atoms with Crippen LogP contribution in [-0.2, 0) is 11.2 Å². The van der Waals surface area contributed by atoms with Gasteiger partial charge in [0.1, 0.15) is 12.2 Å². The fraction of sp³-hybridized carbons (Fsp3) is 0.643. The van der Waals surface area contributed by atoms with Crippen molar-refractivity contribution in [2.24, 2.45) is 5.73 Å². The molecule has 2 atom stereocenters. The number of fused-ring (bicyclic) bond motifs is 1. The van der Waals surface area contributed by atoms with Gasteiger partial charge in [0.2, 0.25) is 5.91 Å². The first-order chi connectivity index (χ1) is 10.2. The maximum Gasteiger partial charge on any atom is 0.274 e. The van der Waals surface area contributed by atoms with E-state index in [9.17, 15) is 9.59 Å². The van der Waals surface area contributed by atoms with Crippen LogP contribution in [0.2, 0.25) is 0 Å². The lowest BCUT2D eigenvalue weighted by Gasteiger charge is -2.43. The summed E-state index contributed by atoms with van der Waals surface area (Å²) in [4.78, 5) is 30.6. The number of thiazole rings is 1. The number of hydrogen-bond acceptors (Lipinski definition) is 5. The minimum Gasteiger partial charge on any atom is -0.350 e. The third-order valence-corrected chi connectivity index (χ3v) is 5.09. The van der Waals surface area contributed by atoms with Gasteiger partial charge in [-0.1, -0.05) is 12.8 Å². The molecule has 0 radical (unpaired) electrons. The predicted octanol–water partition coefficient (Wildman–Crippen LogP) is 0.949. The molecule has 2 amide bonds. The second-order valence-corrected chi connectivity index (χ2v) is 6.57. The zero-order valence-electron chi connectivity index (χ0n) is 12.3. The van der Waals surface area contributed by atoms with Crippen LogP contribution in [0.15, 0.2) is 5.38 Å². The summed E-state index contributed by atoms with van der Waals surface area (Å²) in [6, 6.07) is 0.217. The van der Waals surface area contributed by atoms with Gasteiger partial charge in [0.05, 0.1) is 11.0 Å². The van der Waals surface area contributed by atoms with Crippen molar-refractivity contribution in [3.63, 3.8) is 0 Å². The number of nitrogens with one attached hydrogen (secondary N) is 1. The number of hydrogen-bond donors (Lipinski definition) is 2. The summed E-state index contributed by atoms with van der Waals surface area (Å²) in [7, 11) is 0. The number of halogens is 1. The van der Waals surface area contributed by atoms with Crippen LogP contribution >= 0.6 is 23.7 Å². The van der Waals surface area contributed by atoms with E-state index in [0.29, 0.717) is 18.7 Å². The molecule has 122 valence electrons. The van der Waals surface area contributed by atoms with Crippen LogP contribution in [0.25, 0.3) is 0 Å². The van der Waals surface area contributed by atoms with Crippen molar-refractivity contribution in [3.8, 4) is 0 Å². The Hall–Kier alpha value is -1.18. The Kier molecular flexibility index (Phi) is 5.77. The Morgan fingerprint density at radius 1 is 1.45 bits per heavy atom. The van der Waals surface area contributed by atoms with Gasteiger partial charge in [-0.05, 0) is 19.4 Å². The molecule has 1 aromatic rings. The van der Waals surface area contributed by atoms with Crippen LogP contribution in [0, 0.1) is 0 Å². The molecule has 2 heterocycles. The predicted molar refractivity (Wildman–Crippen MR) is 87.3 cm³/mol. The number of nitrogens with two attached hydrogens (primary N) is 1. The zero-order valence-corrected chi connectivity index (χ0v) is 13.9. The van der Waals surface area contributed by atoms with Gasteiger partial charge in [0.25, 0.3) is 5.91 Å². The first-order valence-corrected chi connectivity index (χ1v) is 8.32. The second kappa shape index (κ2) is 7.39. The Labute approximate surface area is 139 Å². The van der Waals surface area contributed by atoms with Crippen molar-refractivity contribution in [1.29, 1.82) is 0 Å². The van der Waals surface area contributed by atoms with E-state index in [0.717, 1.165) is 30.7 Å². The van der Waals surface area contributed by atoms with E-state index in [1.807, 2.05) is 0 Å². The Bertz CT molecular complexity index is 551. The van der Waals surface area contributed by atoms with Gasteiger partial charge in [-0.3, -0.25) is 9.59 Å². The number of piperazine rings is 1. The molecule has 1 saturated heterocycles. The van der Waals surface area contributed by atoms with E-state index in [2.05, 4.69) is 10.3 Å². The van der Waals surface area contributed by atoms with Gasteiger partial charge in [0, 0.05) is 17.8 Å². The monoisotopic (exact) mass is 344 g/mol. The molecule has 3 N–H and O–H groups in total. The largest absolute Gasteiger partial charge is 0.350 e. The van der Waals surface area contributed by atoms with E-state index >= 15 is 0 Å². The highest BCUT2D eigenvalue weighted by Gasteiger charge is 2.39. The van der Waals surface area contributed by atoms with Crippen molar-refractivity contribution < 1.29 is 9.59 Å². The normalized spacial score (nSPS) is 24.2. The lowest BCUT2D eigenvalue weighted by Crippen LogP contribution is -2.62. The second-order valence-electron chi connectivity index (χ2n) is 5.62. The van der Waals surface area contributed by atoms with E-state index < -0.39 is 0 Å². The van der Waals surface area contributed by atoms with Crippen molar-refractivity contribution in [2.75, 3.05) is 13.1 Å². The van der Waals surface area contributed by atoms with Gasteiger partial charge >= 0.3 is 0 Å². The molecule has 8 heteroatoms. The lowest BCUT2D eigenvalue weighted by molar-refractivity contribution is -0.127. The van der Waals surface area contributed by atoms with E-state index in [-0.39, 0.29) is 42.8 Å². The standard InChI is InChI=1S/C14H20N4O2S.ClH/c15-6-5-13-17-10(8-21-13)14(20)18-7-12(19)16-9-3-1-2-4-11(9)18;/h8-9,11H,1-7,15H2,(H,16,19);1H. The van der Waals surface area contributed by atoms with E-state index in [4.69, 9.17) is 5.73 Å². The number of nitrogens with zero attached hydrogens (tertiary/aromatic N) is 2. The van der Waals surface area contributed by atoms with Gasteiger partial charge < -0.3 is 16.0 Å². The number of aromatic nitrogens is 1. The highest BCUT2D eigenvalue weighted by atomic mass is 35.5. The minimum absolute atomic E-state index is 0.